The second-order valence-corrected chi connectivity index (χ2v) is 10.0. The zero-order valence-electron chi connectivity index (χ0n) is 19.9. The van der Waals surface area contributed by atoms with Gasteiger partial charge in [0, 0.05) is 44.4 Å². The first-order valence-corrected chi connectivity index (χ1v) is 11.5. The summed E-state index contributed by atoms with van der Waals surface area (Å²) in [5.41, 5.74) is 0.653. The van der Waals surface area contributed by atoms with Crippen molar-refractivity contribution in [2.45, 2.75) is 39.4 Å². The highest BCUT2D eigenvalue weighted by Gasteiger charge is 2.40. The summed E-state index contributed by atoms with van der Waals surface area (Å²) >= 11 is 6.36. The molecule has 0 aromatic carbocycles. The number of hydrogen-bond donors (Lipinski definition) is 3. The van der Waals surface area contributed by atoms with Gasteiger partial charge in [0.15, 0.2) is 0 Å². The number of H-pyrrole nitrogens is 1. The van der Waals surface area contributed by atoms with Crippen molar-refractivity contribution in [2.24, 2.45) is 18.9 Å². The minimum atomic E-state index is -0.620. The van der Waals surface area contributed by atoms with E-state index in [-0.39, 0.29) is 18.4 Å². The first-order valence-electron chi connectivity index (χ1n) is 11.1. The van der Waals surface area contributed by atoms with Crippen LogP contribution in [0.1, 0.15) is 27.7 Å². The second kappa shape index (κ2) is 9.30. The number of aliphatic hydroxyl groups excluding tert-OH is 1. The number of nitrogens with one attached hydrogen (secondary N) is 2. The first kappa shape index (κ1) is 24.1. The molecule has 0 bridgehead atoms. The SMILES string of the molecule is CC(O)C1CN(C(=O)OC(C)(C)C)CC1COc1nc(Nc2cnn(C)c2)nc2[nH]cc(Cl)c12. The number of halogens is 1. The number of aromatic amines is 1. The third-order valence-corrected chi connectivity index (χ3v) is 5.91. The number of aryl methyl sites for hydroxylation is 1. The molecule has 0 aliphatic carbocycles. The van der Waals surface area contributed by atoms with Crippen LogP contribution in [0, 0.1) is 11.8 Å². The molecule has 3 unspecified atom stereocenters. The highest BCUT2D eigenvalue weighted by Crippen LogP contribution is 2.33. The Labute approximate surface area is 202 Å². The van der Waals surface area contributed by atoms with Gasteiger partial charge in [-0.05, 0) is 27.7 Å². The number of rotatable bonds is 6. The van der Waals surface area contributed by atoms with Crippen LogP contribution in [0.4, 0.5) is 16.4 Å². The Kier molecular flexibility index (Phi) is 6.59. The maximum Gasteiger partial charge on any atom is 0.410 e. The number of nitrogens with zero attached hydrogens (tertiary/aromatic N) is 5. The first-order chi connectivity index (χ1) is 16.0. The molecule has 3 aromatic heterocycles. The summed E-state index contributed by atoms with van der Waals surface area (Å²) < 4.78 is 13.3. The summed E-state index contributed by atoms with van der Waals surface area (Å²) in [4.78, 5) is 26.2. The number of aliphatic hydroxyl groups is 1. The van der Waals surface area contributed by atoms with E-state index in [0.717, 1.165) is 5.69 Å². The van der Waals surface area contributed by atoms with Crippen LogP contribution >= 0.6 is 11.6 Å². The van der Waals surface area contributed by atoms with Gasteiger partial charge in [-0.1, -0.05) is 11.6 Å². The van der Waals surface area contributed by atoms with Gasteiger partial charge in [-0.3, -0.25) is 4.68 Å². The number of likely N-dealkylation sites (tertiary alicyclic amines) is 1. The molecule has 34 heavy (non-hydrogen) atoms. The van der Waals surface area contributed by atoms with Crippen LogP contribution in [0.25, 0.3) is 11.0 Å². The standard InChI is InChI=1S/C22H30ClN7O4/c1-12(31)15-10-30(21(32)34-22(2,3)4)8-13(15)11-33-19-17-16(23)7-24-18(17)27-20(28-19)26-14-6-25-29(5)9-14/h6-7,9,12-13,15,31H,8,10-11H2,1-5H3,(H2,24,26,27,28). The van der Waals surface area contributed by atoms with E-state index < -0.39 is 17.8 Å². The van der Waals surface area contributed by atoms with Crippen molar-refractivity contribution >= 4 is 40.4 Å². The van der Waals surface area contributed by atoms with Crippen LogP contribution in [0.5, 0.6) is 5.88 Å². The lowest BCUT2D eigenvalue weighted by Gasteiger charge is -2.24. The molecule has 1 aliphatic rings. The maximum atomic E-state index is 12.6. The maximum absolute atomic E-state index is 12.6. The van der Waals surface area contributed by atoms with Gasteiger partial charge in [0.2, 0.25) is 11.8 Å². The van der Waals surface area contributed by atoms with E-state index in [1.165, 1.54) is 0 Å². The molecule has 1 fully saturated rings. The average Bonchev–Trinajstić information content (AvgIpc) is 3.44. The van der Waals surface area contributed by atoms with Gasteiger partial charge in [0.25, 0.3) is 0 Å². The zero-order valence-corrected chi connectivity index (χ0v) is 20.6. The van der Waals surface area contributed by atoms with Crippen molar-refractivity contribution in [3.63, 3.8) is 0 Å². The Bertz CT molecular complexity index is 1170. The molecule has 3 N–H and O–H groups in total. The number of ether oxygens (including phenoxy) is 2. The summed E-state index contributed by atoms with van der Waals surface area (Å²) in [6, 6.07) is 0. The number of amides is 1. The van der Waals surface area contributed by atoms with Crippen LogP contribution < -0.4 is 10.1 Å². The molecule has 4 heterocycles. The molecule has 1 aliphatic heterocycles. The highest BCUT2D eigenvalue weighted by atomic mass is 35.5. The highest BCUT2D eigenvalue weighted by molar-refractivity contribution is 6.35. The largest absolute Gasteiger partial charge is 0.477 e. The number of aromatic nitrogens is 5. The van der Waals surface area contributed by atoms with Crippen LogP contribution in [0.15, 0.2) is 18.6 Å². The van der Waals surface area contributed by atoms with Gasteiger partial charge >= 0.3 is 6.09 Å². The molecule has 0 radical (unpaired) electrons. The van der Waals surface area contributed by atoms with Gasteiger partial charge in [0.1, 0.15) is 11.2 Å². The predicted molar refractivity (Wildman–Crippen MR) is 127 cm³/mol. The lowest BCUT2D eigenvalue weighted by Crippen LogP contribution is -2.36. The Morgan fingerprint density at radius 3 is 2.79 bits per heavy atom. The van der Waals surface area contributed by atoms with Crippen molar-refractivity contribution in [2.75, 3.05) is 25.0 Å². The van der Waals surface area contributed by atoms with Crippen molar-refractivity contribution in [1.82, 2.24) is 29.6 Å². The summed E-state index contributed by atoms with van der Waals surface area (Å²) in [6.45, 7) is 8.22. The Hall–Kier alpha value is -3.05. The third kappa shape index (κ3) is 5.36. The monoisotopic (exact) mass is 491 g/mol. The summed E-state index contributed by atoms with van der Waals surface area (Å²) in [7, 11) is 1.81. The van der Waals surface area contributed by atoms with Crippen molar-refractivity contribution < 1.29 is 19.4 Å². The summed E-state index contributed by atoms with van der Waals surface area (Å²) in [5, 5.41) is 18.6. The normalized spacial score (nSPS) is 19.4. The molecule has 3 aromatic rings. The topological polar surface area (TPSA) is 130 Å². The van der Waals surface area contributed by atoms with Gasteiger partial charge in [-0.2, -0.15) is 15.1 Å². The van der Waals surface area contributed by atoms with Gasteiger partial charge in [-0.25, -0.2) is 4.79 Å². The lowest BCUT2D eigenvalue weighted by molar-refractivity contribution is 0.0272. The van der Waals surface area contributed by atoms with E-state index in [0.29, 0.717) is 41.0 Å². The molecule has 11 nitrogen and oxygen atoms in total. The Morgan fingerprint density at radius 1 is 1.38 bits per heavy atom. The van der Waals surface area contributed by atoms with Crippen molar-refractivity contribution in [1.29, 1.82) is 0 Å². The Morgan fingerprint density at radius 2 is 2.15 bits per heavy atom. The van der Waals surface area contributed by atoms with E-state index in [4.69, 9.17) is 21.1 Å². The van der Waals surface area contributed by atoms with E-state index in [9.17, 15) is 9.90 Å². The van der Waals surface area contributed by atoms with Crippen LogP contribution in [-0.4, -0.2) is 72.2 Å². The van der Waals surface area contributed by atoms with Crippen LogP contribution in [-0.2, 0) is 11.8 Å². The van der Waals surface area contributed by atoms with E-state index in [1.54, 1.807) is 35.1 Å². The predicted octanol–water partition coefficient (Wildman–Crippen LogP) is 3.33. The smallest absolute Gasteiger partial charge is 0.410 e. The number of fused-ring (bicyclic) bond motifs is 1. The van der Waals surface area contributed by atoms with Gasteiger partial charge in [-0.15, -0.1) is 0 Å². The van der Waals surface area contributed by atoms with Gasteiger partial charge in [0.05, 0.1) is 35.0 Å². The molecular weight excluding hydrogens is 462 g/mol. The second-order valence-electron chi connectivity index (χ2n) is 9.60. The molecular formula is C22H30ClN7O4. The van der Waals surface area contributed by atoms with Crippen molar-refractivity contribution in [3.05, 3.63) is 23.6 Å². The summed E-state index contributed by atoms with van der Waals surface area (Å²) in [5.74, 6) is 0.343. The number of carbonyl (C=O) groups excluding carboxylic acids is 1. The quantitative estimate of drug-likeness (QED) is 0.478. The fraction of sp³-hybridized carbons (Fsp3) is 0.545. The number of carbonyl (C=O) groups is 1. The zero-order chi connectivity index (χ0) is 24.6. The van der Waals surface area contributed by atoms with Gasteiger partial charge < -0.3 is 29.8 Å². The minimum Gasteiger partial charge on any atom is -0.477 e. The molecule has 0 saturated carbocycles. The van der Waals surface area contributed by atoms with E-state index in [1.807, 2.05) is 27.8 Å². The Balaban J connectivity index is 1.53. The average molecular weight is 492 g/mol. The van der Waals surface area contributed by atoms with Crippen molar-refractivity contribution in [3.8, 4) is 5.88 Å². The molecule has 184 valence electrons. The molecule has 0 spiro atoms. The van der Waals surface area contributed by atoms with E-state index in [2.05, 4.69) is 25.4 Å². The molecule has 3 atom stereocenters. The fourth-order valence-corrected chi connectivity index (χ4v) is 4.24. The summed E-state index contributed by atoms with van der Waals surface area (Å²) in [6.07, 6.45) is 4.06. The molecule has 4 rings (SSSR count). The van der Waals surface area contributed by atoms with Crippen LogP contribution in [0.3, 0.4) is 0 Å². The minimum absolute atomic E-state index is 0.120. The van der Waals surface area contributed by atoms with Crippen LogP contribution in [0.2, 0.25) is 5.02 Å². The fourth-order valence-electron chi connectivity index (χ4n) is 4.02. The van der Waals surface area contributed by atoms with E-state index >= 15 is 0 Å². The number of hydrogen-bond acceptors (Lipinski definition) is 8. The molecule has 12 heteroatoms. The number of anilines is 2. The molecule has 1 amide bonds. The molecule has 1 saturated heterocycles. The third-order valence-electron chi connectivity index (χ3n) is 5.61. The lowest BCUT2D eigenvalue weighted by atomic mass is 9.92.